The van der Waals surface area contributed by atoms with Crippen molar-refractivity contribution < 1.29 is 19.1 Å². The van der Waals surface area contributed by atoms with E-state index in [4.69, 9.17) is 9.47 Å². The van der Waals surface area contributed by atoms with Crippen LogP contribution in [-0.2, 0) is 4.79 Å². The Morgan fingerprint density at radius 1 is 1.21 bits per heavy atom. The average molecular weight is 325 g/mol. The third-order valence-corrected chi connectivity index (χ3v) is 3.99. The number of hydrogen-bond acceptors (Lipinski definition) is 4. The van der Waals surface area contributed by atoms with Gasteiger partial charge in [-0.15, -0.1) is 0 Å². The average Bonchev–Trinajstić information content (AvgIpc) is 2.60. The molecule has 124 valence electrons. The van der Waals surface area contributed by atoms with Crippen molar-refractivity contribution in [1.29, 1.82) is 0 Å². The molecule has 24 heavy (non-hydrogen) atoms. The van der Waals surface area contributed by atoms with Crippen LogP contribution in [0.15, 0.2) is 42.5 Å². The van der Waals surface area contributed by atoms with Gasteiger partial charge in [0.05, 0.1) is 12.8 Å². The quantitative estimate of drug-likeness (QED) is 0.809. The third kappa shape index (κ3) is 2.62. The molecular formula is C19H19NO4. The molecule has 1 aliphatic rings. The first kappa shape index (κ1) is 16.1. The summed E-state index contributed by atoms with van der Waals surface area (Å²) in [6.07, 6.45) is -0.00760. The van der Waals surface area contributed by atoms with Crippen molar-refractivity contribution >= 4 is 17.9 Å². The monoisotopic (exact) mass is 325 g/mol. The van der Waals surface area contributed by atoms with Crippen molar-refractivity contribution in [3.8, 4) is 11.5 Å². The van der Waals surface area contributed by atoms with Gasteiger partial charge in [0, 0.05) is 17.2 Å². The van der Waals surface area contributed by atoms with Gasteiger partial charge in [-0.1, -0.05) is 30.3 Å². The van der Waals surface area contributed by atoms with Crippen molar-refractivity contribution in [2.75, 3.05) is 12.0 Å². The summed E-state index contributed by atoms with van der Waals surface area (Å²) in [6.45, 7) is 3.85. The van der Waals surface area contributed by atoms with Crippen LogP contribution in [0.1, 0.15) is 35.9 Å². The molecule has 0 saturated heterocycles. The largest absolute Gasteiger partial charge is 0.493 e. The van der Waals surface area contributed by atoms with Crippen molar-refractivity contribution in [3.63, 3.8) is 0 Å². The van der Waals surface area contributed by atoms with Crippen molar-refractivity contribution in [1.82, 2.24) is 0 Å². The molecule has 0 radical (unpaired) electrons. The van der Waals surface area contributed by atoms with E-state index in [0.717, 1.165) is 11.8 Å². The summed E-state index contributed by atoms with van der Waals surface area (Å²) in [4.78, 5) is 25.9. The number of aldehydes is 1. The van der Waals surface area contributed by atoms with Crippen LogP contribution >= 0.6 is 0 Å². The first-order valence-corrected chi connectivity index (χ1v) is 7.78. The molecule has 2 aromatic rings. The second kappa shape index (κ2) is 6.35. The fourth-order valence-corrected chi connectivity index (χ4v) is 2.91. The number of amides is 1. The Morgan fingerprint density at radius 2 is 1.92 bits per heavy atom. The lowest BCUT2D eigenvalue weighted by molar-refractivity contribution is -0.127. The second-order valence-electron chi connectivity index (χ2n) is 5.90. The van der Waals surface area contributed by atoms with Crippen LogP contribution in [0.25, 0.3) is 0 Å². The van der Waals surface area contributed by atoms with E-state index in [1.807, 2.05) is 44.2 Å². The molecule has 0 fully saturated rings. The Labute approximate surface area is 140 Å². The Balaban J connectivity index is 2.18. The van der Waals surface area contributed by atoms with Crippen molar-refractivity contribution in [3.05, 3.63) is 53.6 Å². The first-order valence-electron chi connectivity index (χ1n) is 7.78. The molecule has 0 spiro atoms. The molecule has 0 saturated carbocycles. The number of benzene rings is 2. The normalized spacial score (nSPS) is 16.6. The highest BCUT2D eigenvalue weighted by atomic mass is 16.5. The number of anilines is 1. The van der Waals surface area contributed by atoms with Crippen LogP contribution in [0.5, 0.6) is 11.5 Å². The fourth-order valence-electron chi connectivity index (χ4n) is 2.91. The minimum Gasteiger partial charge on any atom is -0.493 e. The predicted octanol–water partition coefficient (Wildman–Crippen LogP) is 3.38. The molecule has 5 nitrogen and oxygen atoms in total. The molecule has 2 aromatic carbocycles. The molecule has 5 heteroatoms. The molecule has 1 heterocycles. The predicted molar refractivity (Wildman–Crippen MR) is 90.8 cm³/mol. The highest BCUT2D eigenvalue weighted by molar-refractivity contribution is 6.02. The van der Waals surface area contributed by atoms with E-state index in [9.17, 15) is 9.59 Å². The highest BCUT2D eigenvalue weighted by Crippen LogP contribution is 2.46. The van der Waals surface area contributed by atoms with Crippen LogP contribution in [0.3, 0.4) is 0 Å². The fraction of sp³-hybridized carbons (Fsp3) is 0.263. The van der Waals surface area contributed by atoms with E-state index in [2.05, 4.69) is 0 Å². The summed E-state index contributed by atoms with van der Waals surface area (Å²) in [5.74, 6) is 0.757. The standard InChI is InChI=1S/C19H19NO4/c1-12(2)20-15-9-13(11-21)10-16(23-3)18(15)24-17(19(20)22)14-7-5-4-6-8-14/h4-12,17H,1-3H3. The Bertz CT molecular complexity index is 770. The molecule has 1 aliphatic heterocycles. The number of carbonyl (C=O) groups is 2. The SMILES string of the molecule is COc1cc(C=O)cc2c1OC(c1ccccc1)C(=O)N2C(C)C. The molecule has 0 bridgehead atoms. The molecule has 0 aliphatic carbocycles. The van der Waals surface area contributed by atoms with Gasteiger partial charge in [0.15, 0.2) is 11.5 Å². The number of methoxy groups -OCH3 is 1. The third-order valence-electron chi connectivity index (χ3n) is 3.99. The van der Waals surface area contributed by atoms with E-state index in [1.54, 1.807) is 17.0 Å². The van der Waals surface area contributed by atoms with Gasteiger partial charge < -0.3 is 14.4 Å². The molecular weight excluding hydrogens is 306 g/mol. The number of hydrogen-bond donors (Lipinski definition) is 0. The zero-order chi connectivity index (χ0) is 17.3. The summed E-state index contributed by atoms with van der Waals surface area (Å²) >= 11 is 0. The molecule has 1 unspecified atom stereocenters. The minimum absolute atomic E-state index is 0.0852. The summed E-state index contributed by atoms with van der Waals surface area (Å²) in [5.41, 5.74) is 1.77. The van der Waals surface area contributed by atoms with E-state index in [-0.39, 0.29) is 11.9 Å². The maximum absolute atomic E-state index is 13.0. The van der Waals surface area contributed by atoms with Crippen LogP contribution in [0, 0.1) is 0 Å². The molecule has 1 atom stereocenters. The van der Waals surface area contributed by atoms with E-state index in [0.29, 0.717) is 22.7 Å². The van der Waals surface area contributed by atoms with Gasteiger partial charge in [0.25, 0.3) is 5.91 Å². The van der Waals surface area contributed by atoms with Crippen LogP contribution < -0.4 is 14.4 Å². The van der Waals surface area contributed by atoms with Crippen molar-refractivity contribution in [2.45, 2.75) is 26.0 Å². The van der Waals surface area contributed by atoms with Gasteiger partial charge in [-0.3, -0.25) is 9.59 Å². The molecule has 0 aromatic heterocycles. The zero-order valence-corrected chi connectivity index (χ0v) is 13.9. The summed E-state index contributed by atoms with van der Waals surface area (Å²) < 4.78 is 11.4. The van der Waals surface area contributed by atoms with Gasteiger partial charge in [-0.05, 0) is 26.0 Å². The Hall–Kier alpha value is -2.82. The summed E-state index contributed by atoms with van der Waals surface area (Å²) in [6, 6.07) is 12.5. The van der Waals surface area contributed by atoms with E-state index < -0.39 is 6.10 Å². The Kier molecular flexibility index (Phi) is 4.25. The summed E-state index contributed by atoms with van der Waals surface area (Å²) in [5, 5.41) is 0. The summed E-state index contributed by atoms with van der Waals surface area (Å²) in [7, 11) is 1.52. The topological polar surface area (TPSA) is 55.8 Å². The van der Waals surface area contributed by atoms with E-state index in [1.165, 1.54) is 7.11 Å². The van der Waals surface area contributed by atoms with Crippen molar-refractivity contribution in [2.24, 2.45) is 0 Å². The molecule has 1 amide bonds. The molecule has 0 N–H and O–H groups in total. The number of carbonyl (C=O) groups excluding carboxylic acids is 2. The van der Waals surface area contributed by atoms with Crippen LogP contribution in [0.2, 0.25) is 0 Å². The minimum atomic E-state index is -0.739. The van der Waals surface area contributed by atoms with Gasteiger partial charge in [0.1, 0.15) is 6.29 Å². The first-order chi connectivity index (χ1) is 11.6. The van der Waals surface area contributed by atoms with Crippen LogP contribution in [0.4, 0.5) is 5.69 Å². The van der Waals surface area contributed by atoms with Gasteiger partial charge in [0.2, 0.25) is 6.10 Å². The number of rotatable bonds is 4. The highest BCUT2D eigenvalue weighted by Gasteiger charge is 2.38. The lowest BCUT2D eigenvalue weighted by Crippen LogP contribution is -2.45. The van der Waals surface area contributed by atoms with Gasteiger partial charge in [-0.25, -0.2) is 0 Å². The maximum Gasteiger partial charge on any atom is 0.273 e. The maximum atomic E-state index is 13.0. The number of nitrogens with zero attached hydrogens (tertiary/aromatic N) is 1. The molecule has 3 rings (SSSR count). The van der Waals surface area contributed by atoms with Gasteiger partial charge in [-0.2, -0.15) is 0 Å². The number of ether oxygens (including phenoxy) is 2. The lowest BCUT2D eigenvalue weighted by Gasteiger charge is -2.37. The number of fused-ring (bicyclic) bond motifs is 1. The zero-order valence-electron chi connectivity index (χ0n) is 13.9. The van der Waals surface area contributed by atoms with Gasteiger partial charge >= 0.3 is 0 Å². The van der Waals surface area contributed by atoms with E-state index >= 15 is 0 Å². The van der Waals surface area contributed by atoms with Crippen LogP contribution in [-0.4, -0.2) is 25.3 Å². The lowest BCUT2D eigenvalue weighted by atomic mass is 10.0. The smallest absolute Gasteiger partial charge is 0.273 e. The Morgan fingerprint density at radius 3 is 2.50 bits per heavy atom. The second-order valence-corrected chi connectivity index (χ2v) is 5.90.